The number of nitrogens with two attached hydrogens (primary N) is 1. The van der Waals surface area contributed by atoms with Gasteiger partial charge in [0.25, 0.3) is 0 Å². The first-order chi connectivity index (χ1) is 4.18. The van der Waals surface area contributed by atoms with Gasteiger partial charge in [0.15, 0.2) is 0 Å². The van der Waals surface area contributed by atoms with Gasteiger partial charge in [0.05, 0.1) is 1.37 Å². The van der Waals surface area contributed by atoms with Crippen LogP contribution in [0.2, 0.25) is 0 Å². The molecule has 0 unspecified atom stereocenters. The first-order valence-corrected chi connectivity index (χ1v) is 2.00. The maximum Gasteiger partial charge on any atom is 0.222 e. The van der Waals surface area contributed by atoms with E-state index < -0.39 is 5.95 Å². The van der Waals surface area contributed by atoms with Crippen LogP contribution in [-0.2, 0) is 0 Å². The summed E-state index contributed by atoms with van der Waals surface area (Å²) in [6.45, 7) is 0. The number of hydrogen-bond donors (Lipinski definition) is 1. The molecule has 0 spiro atoms. The van der Waals surface area contributed by atoms with Gasteiger partial charge in [-0.3, -0.25) is 0 Å². The third-order valence-electron chi connectivity index (χ3n) is 0.623. The van der Waals surface area contributed by atoms with Gasteiger partial charge in [0.1, 0.15) is 5.82 Å². The van der Waals surface area contributed by atoms with E-state index in [1.54, 1.807) is 0 Å². The van der Waals surface area contributed by atoms with Crippen molar-refractivity contribution in [3.8, 4) is 0 Å². The fourth-order valence-electron chi connectivity index (χ4n) is 0.343. The fraction of sp³-hybridized carbons (Fsp3) is 0. The van der Waals surface area contributed by atoms with Gasteiger partial charge in [-0.1, -0.05) is 0 Å². The number of rotatable bonds is 0. The minimum atomic E-state index is -0.833. The molecule has 8 heavy (non-hydrogen) atoms. The molecule has 1 rings (SSSR count). The minimum Gasteiger partial charge on any atom is -0.384 e. The third kappa shape index (κ3) is 0.932. The zero-order chi connectivity index (χ0) is 6.85. The van der Waals surface area contributed by atoms with Gasteiger partial charge in [-0.2, -0.15) is 4.39 Å². The van der Waals surface area contributed by atoms with E-state index in [1.165, 1.54) is 6.07 Å². The molecule has 3 heteroatoms. The van der Waals surface area contributed by atoms with Crippen molar-refractivity contribution in [3.05, 3.63) is 24.1 Å². The highest BCUT2D eigenvalue weighted by atomic mass is 19.1. The molecule has 0 bridgehead atoms. The first-order valence-electron chi connectivity index (χ1n) is 2.50. The average molecular weight is 112 g/mol. The molecule has 0 saturated heterocycles. The third-order valence-corrected chi connectivity index (χ3v) is 0.623. The quantitative estimate of drug-likeness (QED) is 0.499. The number of nitrogens with zero attached hydrogens (tertiary/aromatic N) is 1. The maximum absolute atomic E-state index is 12.1. The maximum atomic E-state index is 12.1. The second-order valence-corrected chi connectivity index (χ2v) is 1.24. The molecule has 2 nitrogen and oxygen atoms in total. The first kappa shape index (κ1) is 3.83. The zero-order valence-electron chi connectivity index (χ0n) is 4.98. The average Bonchev–Trinajstić information content (AvgIpc) is 1.59. The lowest BCUT2D eigenvalue weighted by Crippen LogP contribution is -1.90. The van der Waals surface area contributed by atoms with E-state index in [9.17, 15) is 4.39 Å². The summed E-state index contributed by atoms with van der Waals surface area (Å²) >= 11 is 0. The highest BCUT2D eigenvalue weighted by molar-refractivity contribution is 5.25. The second kappa shape index (κ2) is 1.78. The van der Waals surface area contributed by atoms with Crippen molar-refractivity contribution in [2.75, 3.05) is 5.73 Å². The Balaban J connectivity index is 3.17. The summed E-state index contributed by atoms with van der Waals surface area (Å²) in [6.07, 6.45) is 0. The van der Waals surface area contributed by atoms with Crippen LogP contribution in [0.5, 0.6) is 0 Å². The van der Waals surface area contributed by atoms with Crippen molar-refractivity contribution in [1.29, 1.82) is 0 Å². The Morgan fingerprint density at radius 1 is 2.00 bits per heavy atom. The summed E-state index contributed by atoms with van der Waals surface area (Å²) in [6, 6.07) is 3.16. The topological polar surface area (TPSA) is 38.9 Å². The van der Waals surface area contributed by atoms with E-state index in [4.69, 9.17) is 7.10 Å². The van der Waals surface area contributed by atoms with Crippen molar-refractivity contribution in [3.63, 3.8) is 0 Å². The number of nitrogen functional groups attached to an aromatic ring is 1. The Labute approximate surface area is 47.6 Å². The van der Waals surface area contributed by atoms with Gasteiger partial charge in [0.2, 0.25) is 5.95 Å². The summed E-state index contributed by atoms with van der Waals surface area (Å²) in [5.74, 6) is -0.823. The molecule has 0 aliphatic heterocycles. The molecule has 0 atom stereocenters. The number of halogens is 1. The molecule has 2 N–H and O–H groups in total. The van der Waals surface area contributed by atoms with Gasteiger partial charge in [-0.25, -0.2) is 4.98 Å². The normalized spacial score (nSPS) is 10.9. The van der Waals surface area contributed by atoms with Gasteiger partial charge in [-0.05, 0) is 12.1 Å². The molecule has 1 aromatic rings. The minimum absolute atomic E-state index is 0.0104. The highest BCUT2D eigenvalue weighted by Crippen LogP contribution is 1.95. The summed E-state index contributed by atoms with van der Waals surface area (Å²) in [4.78, 5) is 3.17. The van der Waals surface area contributed by atoms with Crippen LogP contribution in [0, 0.1) is 12.0 Å². The molecule has 0 aromatic carbocycles. The molecular formula is C5H4FN2. The predicted molar refractivity (Wildman–Crippen MR) is 27.4 cm³/mol. The van der Waals surface area contributed by atoms with Crippen LogP contribution in [0.1, 0.15) is 1.37 Å². The van der Waals surface area contributed by atoms with Gasteiger partial charge in [-0.15, -0.1) is 0 Å². The standard InChI is InChI=1S/C5H4FN2/c6-4-2-1-3-5(7)8-4/h1,3H,(H2,7,8)/i1D. The van der Waals surface area contributed by atoms with Crippen molar-refractivity contribution in [2.45, 2.75) is 0 Å². The zero-order valence-corrected chi connectivity index (χ0v) is 3.98. The summed E-state index contributed by atoms with van der Waals surface area (Å²) in [5, 5.41) is 0. The smallest absolute Gasteiger partial charge is 0.222 e. The van der Waals surface area contributed by atoms with Crippen LogP contribution in [-0.4, -0.2) is 4.98 Å². The van der Waals surface area contributed by atoms with Crippen LogP contribution in [0.25, 0.3) is 0 Å². The van der Waals surface area contributed by atoms with E-state index in [-0.39, 0.29) is 11.9 Å². The fourth-order valence-corrected chi connectivity index (χ4v) is 0.343. The van der Waals surface area contributed by atoms with Gasteiger partial charge >= 0.3 is 0 Å². The largest absolute Gasteiger partial charge is 0.384 e. The predicted octanol–water partition coefficient (Wildman–Crippen LogP) is 0.603. The second-order valence-electron chi connectivity index (χ2n) is 1.24. The molecule has 41 valence electrons. The molecule has 0 aliphatic rings. The number of hydrogen-bond acceptors (Lipinski definition) is 2. The van der Waals surface area contributed by atoms with Crippen molar-refractivity contribution < 1.29 is 5.76 Å². The van der Waals surface area contributed by atoms with Gasteiger partial charge < -0.3 is 5.73 Å². The summed E-state index contributed by atoms with van der Waals surface area (Å²) in [5.41, 5.74) is 5.07. The monoisotopic (exact) mass is 112 g/mol. The number of anilines is 1. The van der Waals surface area contributed by atoms with Crippen molar-refractivity contribution in [2.24, 2.45) is 0 Å². The number of aromatic nitrogens is 1. The van der Waals surface area contributed by atoms with E-state index >= 15 is 0 Å². The van der Waals surface area contributed by atoms with E-state index in [0.29, 0.717) is 0 Å². The molecule has 1 aromatic heterocycles. The van der Waals surface area contributed by atoms with Crippen molar-refractivity contribution >= 4 is 5.82 Å². The van der Waals surface area contributed by atoms with Crippen LogP contribution in [0.15, 0.2) is 12.1 Å². The highest BCUT2D eigenvalue weighted by Gasteiger charge is 1.87. The van der Waals surface area contributed by atoms with Gasteiger partial charge in [0, 0.05) is 6.07 Å². The molecule has 0 saturated carbocycles. The van der Waals surface area contributed by atoms with Crippen LogP contribution < -0.4 is 5.73 Å². The number of pyridine rings is 1. The Hall–Kier alpha value is -1.12. The summed E-state index contributed by atoms with van der Waals surface area (Å²) in [7, 11) is 0. The summed E-state index contributed by atoms with van der Waals surface area (Å²) < 4.78 is 18.9. The SMILES string of the molecule is [2H]c1[c]c(F)nc(N)c1. The Bertz CT molecular complexity index is 176. The molecule has 0 fully saturated rings. The lowest BCUT2D eigenvalue weighted by Gasteiger charge is -1.86. The van der Waals surface area contributed by atoms with E-state index in [0.717, 1.165) is 0 Å². The van der Waals surface area contributed by atoms with Crippen LogP contribution >= 0.6 is 0 Å². The molecule has 0 amide bonds. The molecular weight excluding hydrogens is 107 g/mol. The Kier molecular flexibility index (Phi) is 0.850. The van der Waals surface area contributed by atoms with E-state index in [1.807, 2.05) is 6.07 Å². The van der Waals surface area contributed by atoms with Crippen molar-refractivity contribution in [1.82, 2.24) is 4.98 Å². The molecule has 0 aliphatic carbocycles. The Morgan fingerprint density at radius 3 is 3.25 bits per heavy atom. The van der Waals surface area contributed by atoms with E-state index in [2.05, 4.69) is 4.98 Å². The lowest BCUT2D eigenvalue weighted by atomic mass is 10.5. The van der Waals surface area contributed by atoms with Crippen LogP contribution in [0.4, 0.5) is 10.2 Å². The molecule has 1 heterocycles. The Morgan fingerprint density at radius 2 is 2.75 bits per heavy atom. The lowest BCUT2D eigenvalue weighted by molar-refractivity contribution is 0.583. The molecule has 1 radical (unpaired) electrons. The van der Waals surface area contributed by atoms with Crippen LogP contribution in [0.3, 0.4) is 0 Å².